The van der Waals surface area contributed by atoms with Crippen molar-refractivity contribution < 1.29 is 24.9 Å². The Labute approximate surface area is 134 Å². The average molecular weight is 326 g/mol. The summed E-state index contributed by atoms with van der Waals surface area (Å²) in [5.41, 5.74) is 0.128. The van der Waals surface area contributed by atoms with Crippen LogP contribution in [0.15, 0.2) is 24.3 Å². The zero-order chi connectivity index (χ0) is 16.9. The molecule has 5 nitrogen and oxygen atoms in total. The van der Waals surface area contributed by atoms with Gasteiger partial charge in [-0.15, -0.1) is 0 Å². The minimum absolute atomic E-state index is 0.0260. The van der Waals surface area contributed by atoms with Crippen LogP contribution >= 0.6 is 11.8 Å². The quantitative estimate of drug-likeness (QED) is 0.710. The molecule has 0 amide bonds. The zero-order valence-electron chi connectivity index (χ0n) is 12.9. The van der Waals surface area contributed by atoms with Crippen molar-refractivity contribution in [3.63, 3.8) is 0 Å². The average Bonchev–Trinajstić information content (AvgIpc) is 2.45. The van der Waals surface area contributed by atoms with Crippen molar-refractivity contribution >= 4 is 22.8 Å². The van der Waals surface area contributed by atoms with Crippen LogP contribution in [-0.4, -0.2) is 38.3 Å². The first-order chi connectivity index (χ1) is 10.2. The summed E-state index contributed by atoms with van der Waals surface area (Å²) < 4.78 is 0. The van der Waals surface area contributed by atoms with Crippen LogP contribution in [0.4, 0.5) is 0 Å². The van der Waals surface area contributed by atoms with Crippen molar-refractivity contribution in [1.29, 1.82) is 0 Å². The van der Waals surface area contributed by atoms with Gasteiger partial charge in [0.15, 0.2) is 5.12 Å². The maximum Gasteiger partial charge on any atom is 0.313 e. The number of hydrogen-bond acceptors (Lipinski definition) is 5. The second kappa shape index (κ2) is 7.76. The third-order valence-corrected chi connectivity index (χ3v) is 4.44. The molecule has 0 spiro atoms. The number of carboxylic acids is 1. The Hall–Kier alpha value is -1.37. The van der Waals surface area contributed by atoms with Gasteiger partial charge in [0.05, 0.1) is 11.5 Å². The van der Waals surface area contributed by atoms with Gasteiger partial charge in [-0.3, -0.25) is 9.59 Å². The lowest BCUT2D eigenvalue weighted by molar-refractivity contribution is -0.142. The first-order valence-corrected chi connectivity index (χ1v) is 7.98. The molecule has 0 radical (unpaired) electrons. The summed E-state index contributed by atoms with van der Waals surface area (Å²) in [5, 5.41) is 29.2. The summed E-state index contributed by atoms with van der Waals surface area (Å²) in [5.74, 6) is -0.486. The van der Waals surface area contributed by atoms with Gasteiger partial charge in [-0.1, -0.05) is 36.0 Å². The molecule has 122 valence electrons. The highest BCUT2D eigenvalue weighted by Gasteiger charge is 2.29. The van der Waals surface area contributed by atoms with Crippen molar-refractivity contribution in [1.82, 2.24) is 0 Å². The summed E-state index contributed by atoms with van der Waals surface area (Å²) in [6.07, 6.45) is -1.73. The van der Waals surface area contributed by atoms with Gasteiger partial charge in [-0.25, -0.2) is 0 Å². The number of aliphatic hydroxyl groups is 2. The molecular weight excluding hydrogens is 304 g/mol. The molecule has 22 heavy (non-hydrogen) atoms. The lowest BCUT2D eigenvalue weighted by Gasteiger charge is -2.22. The van der Waals surface area contributed by atoms with Crippen LogP contribution in [0.3, 0.4) is 0 Å². The van der Waals surface area contributed by atoms with Gasteiger partial charge >= 0.3 is 5.97 Å². The molecule has 0 saturated carbocycles. The number of carbonyl (C=O) groups excluding carboxylic acids is 1. The molecule has 0 fully saturated rings. The van der Waals surface area contributed by atoms with Gasteiger partial charge in [0.25, 0.3) is 0 Å². The van der Waals surface area contributed by atoms with Crippen molar-refractivity contribution in [3.05, 3.63) is 35.4 Å². The smallest absolute Gasteiger partial charge is 0.313 e. The summed E-state index contributed by atoms with van der Waals surface area (Å²) in [7, 11) is 0. The SMILES string of the molecule is CC(=O)SCCC(O)C(O)c1ccc(C(C)(C)C(=O)O)cc1. The molecular formula is C16H22O5S. The number of carboxylic acid groups (broad SMARTS) is 1. The molecule has 0 aliphatic carbocycles. The van der Waals surface area contributed by atoms with Crippen LogP contribution in [0.1, 0.15) is 44.4 Å². The minimum atomic E-state index is -1.06. The van der Waals surface area contributed by atoms with Crippen LogP contribution in [0.2, 0.25) is 0 Å². The fraction of sp³-hybridized carbons (Fsp3) is 0.500. The Bertz CT molecular complexity index is 524. The molecule has 0 saturated heterocycles. The number of hydrogen-bond donors (Lipinski definition) is 3. The Morgan fingerprint density at radius 1 is 1.18 bits per heavy atom. The first kappa shape index (κ1) is 18.7. The monoisotopic (exact) mass is 326 g/mol. The zero-order valence-corrected chi connectivity index (χ0v) is 13.8. The number of thioether (sulfide) groups is 1. The largest absolute Gasteiger partial charge is 0.481 e. The van der Waals surface area contributed by atoms with E-state index in [-0.39, 0.29) is 5.12 Å². The van der Waals surface area contributed by atoms with E-state index in [2.05, 4.69) is 0 Å². The number of rotatable bonds is 7. The van der Waals surface area contributed by atoms with Crippen molar-refractivity contribution in [3.8, 4) is 0 Å². The van der Waals surface area contributed by atoms with Crippen molar-refractivity contribution in [2.45, 2.75) is 44.8 Å². The topological polar surface area (TPSA) is 94.8 Å². The van der Waals surface area contributed by atoms with Gasteiger partial charge in [0.2, 0.25) is 0 Å². The van der Waals surface area contributed by atoms with Gasteiger partial charge in [-0.05, 0) is 31.4 Å². The lowest BCUT2D eigenvalue weighted by Crippen LogP contribution is -2.28. The minimum Gasteiger partial charge on any atom is -0.481 e. The number of benzene rings is 1. The molecule has 2 unspecified atom stereocenters. The van der Waals surface area contributed by atoms with Gasteiger partial charge in [0.1, 0.15) is 6.10 Å². The summed E-state index contributed by atoms with van der Waals surface area (Å²) in [4.78, 5) is 22.0. The summed E-state index contributed by atoms with van der Waals surface area (Å²) in [6, 6.07) is 6.52. The van der Waals surface area contributed by atoms with E-state index >= 15 is 0 Å². The Kier molecular flexibility index (Phi) is 6.59. The lowest BCUT2D eigenvalue weighted by atomic mass is 9.84. The van der Waals surface area contributed by atoms with Crippen LogP contribution in [0.25, 0.3) is 0 Å². The van der Waals surface area contributed by atoms with Crippen LogP contribution in [-0.2, 0) is 15.0 Å². The molecule has 1 aromatic carbocycles. The molecule has 1 rings (SSSR count). The predicted octanol–water partition coefficient (Wildman–Crippen LogP) is 2.11. The standard InChI is InChI=1S/C16H22O5S/c1-10(17)22-9-8-13(18)14(19)11-4-6-12(7-5-11)16(2,3)15(20)21/h4-7,13-14,18-19H,8-9H2,1-3H3,(H,20,21). The number of aliphatic carboxylic acids is 1. The summed E-state index contributed by atoms with van der Waals surface area (Å²) >= 11 is 1.11. The molecule has 0 aliphatic rings. The van der Waals surface area contributed by atoms with Crippen LogP contribution < -0.4 is 0 Å². The van der Waals surface area contributed by atoms with E-state index in [0.29, 0.717) is 23.3 Å². The van der Waals surface area contributed by atoms with E-state index in [1.807, 2.05) is 0 Å². The molecule has 3 N–H and O–H groups in total. The molecule has 0 heterocycles. The molecule has 1 aromatic rings. The van der Waals surface area contributed by atoms with Gasteiger partial charge < -0.3 is 15.3 Å². The van der Waals surface area contributed by atoms with Gasteiger partial charge in [0, 0.05) is 12.7 Å². The predicted molar refractivity (Wildman–Crippen MR) is 85.8 cm³/mol. The third kappa shape index (κ3) is 4.83. The Balaban J connectivity index is 2.73. The highest BCUT2D eigenvalue weighted by atomic mass is 32.2. The molecule has 0 aliphatic heterocycles. The molecule has 6 heteroatoms. The second-order valence-corrected chi connectivity index (χ2v) is 6.96. The molecule has 0 aromatic heterocycles. The fourth-order valence-electron chi connectivity index (χ4n) is 1.92. The number of carbonyl (C=O) groups is 2. The van der Waals surface area contributed by atoms with E-state index in [0.717, 1.165) is 11.8 Å². The highest BCUT2D eigenvalue weighted by Crippen LogP contribution is 2.26. The normalized spacial score (nSPS) is 14.4. The van der Waals surface area contributed by atoms with Crippen molar-refractivity contribution in [2.75, 3.05) is 5.75 Å². The van der Waals surface area contributed by atoms with Crippen LogP contribution in [0.5, 0.6) is 0 Å². The highest BCUT2D eigenvalue weighted by molar-refractivity contribution is 8.13. The van der Waals surface area contributed by atoms with Gasteiger partial charge in [-0.2, -0.15) is 0 Å². The van der Waals surface area contributed by atoms with E-state index in [1.165, 1.54) is 6.92 Å². The third-order valence-electron chi connectivity index (χ3n) is 3.59. The summed E-state index contributed by atoms with van der Waals surface area (Å²) in [6.45, 7) is 4.67. The maximum atomic E-state index is 11.2. The Morgan fingerprint density at radius 3 is 2.18 bits per heavy atom. The Morgan fingerprint density at radius 2 is 1.73 bits per heavy atom. The van der Waals surface area contributed by atoms with Crippen molar-refractivity contribution in [2.24, 2.45) is 0 Å². The number of aliphatic hydroxyl groups excluding tert-OH is 2. The first-order valence-electron chi connectivity index (χ1n) is 6.99. The van der Waals surface area contributed by atoms with E-state index < -0.39 is 23.6 Å². The second-order valence-electron chi connectivity index (χ2n) is 5.69. The fourth-order valence-corrected chi connectivity index (χ4v) is 2.57. The van der Waals surface area contributed by atoms with E-state index in [9.17, 15) is 24.9 Å². The van der Waals surface area contributed by atoms with E-state index in [4.69, 9.17) is 0 Å². The molecule has 0 bridgehead atoms. The molecule has 2 atom stereocenters. The maximum absolute atomic E-state index is 11.2. The van der Waals surface area contributed by atoms with Crippen LogP contribution in [0, 0.1) is 0 Å². The van der Waals surface area contributed by atoms with E-state index in [1.54, 1.807) is 38.1 Å².